The van der Waals surface area contributed by atoms with Crippen molar-refractivity contribution in [2.75, 3.05) is 10.7 Å². The Morgan fingerprint density at radius 3 is 2.54 bits per heavy atom. The Morgan fingerprint density at radius 2 is 1.81 bits per heavy atom. The molecule has 0 unspecified atom stereocenters. The van der Waals surface area contributed by atoms with Crippen LogP contribution in [0.3, 0.4) is 0 Å². The van der Waals surface area contributed by atoms with E-state index < -0.39 is 15.1 Å². The molecular formula is C20H19NO3S2. The summed E-state index contributed by atoms with van der Waals surface area (Å²) in [6, 6.07) is 15.9. The first kappa shape index (κ1) is 17.4. The van der Waals surface area contributed by atoms with Crippen molar-refractivity contribution in [1.29, 1.82) is 0 Å². The second-order valence-corrected chi connectivity index (χ2v) is 9.75. The highest BCUT2D eigenvalue weighted by Crippen LogP contribution is 2.45. The van der Waals surface area contributed by atoms with Gasteiger partial charge in [-0.15, -0.1) is 6.58 Å². The Bertz CT molecular complexity index is 956. The summed E-state index contributed by atoms with van der Waals surface area (Å²) in [5, 5.41) is -1.38. The van der Waals surface area contributed by atoms with Gasteiger partial charge in [-0.25, -0.2) is 8.42 Å². The van der Waals surface area contributed by atoms with E-state index in [1.54, 1.807) is 41.3 Å². The highest BCUT2D eigenvalue weighted by atomic mass is 32.2. The Labute approximate surface area is 157 Å². The highest BCUT2D eigenvalue weighted by Gasteiger charge is 2.57. The first-order chi connectivity index (χ1) is 12.6. The Morgan fingerprint density at radius 1 is 1.12 bits per heavy atom. The molecule has 134 valence electrons. The van der Waals surface area contributed by atoms with Crippen molar-refractivity contribution < 1.29 is 13.2 Å². The number of fused-ring (bicyclic) bond motifs is 3. The molecule has 26 heavy (non-hydrogen) atoms. The van der Waals surface area contributed by atoms with Crippen molar-refractivity contribution in [3.8, 4) is 0 Å². The van der Waals surface area contributed by atoms with E-state index in [4.69, 9.17) is 0 Å². The monoisotopic (exact) mass is 385 g/mol. The first-order valence-corrected chi connectivity index (χ1v) is 11.1. The summed E-state index contributed by atoms with van der Waals surface area (Å²) in [7, 11) is -3.76. The molecule has 2 heterocycles. The van der Waals surface area contributed by atoms with E-state index in [2.05, 4.69) is 6.58 Å². The summed E-state index contributed by atoms with van der Waals surface area (Å²) >= 11 is 1.50. The van der Waals surface area contributed by atoms with E-state index in [-0.39, 0.29) is 22.1 Å². The fourth-order valence-corrected chi connectivity index (χ4v) is 7.39. The van der Waals surface area contributed by atoms with Crippen LogP contribution in [0.2, 0.25) is 0 Å². The van der Waals surface area contributed by atoms with Gasteiger partial charge in [-0.3, -0.25) is 4.79 Å². The summed E-state index contributed by atoms with van der Waals surface area (Å²) in [5.74, 6) is 0.296. The molecule has 4 rings (SSSR count). The SMILES string of the molecule is C=CCS[C@@H]1[C@H]2Cc3ccccc3N2C(=O)[C@H]1S(=O)(=O)c1ccccc1. The number of amides is 1. The zero-order valence-corrected chi connectivity index (χ0v) is 15.7. The van der Waals surface area contributed by atoms with Crippen LogP contribution >= 0.6 is 11.8 Å². The number of para-hydroxylation sites is 1. The standard InChI is InChI=1S/C20H19NO3S2/c1-2-12-25-18-17-13-14-8-6-7-11-16(14)21(17)20(22)19(18)26(23,24)15-9-4-3-5-10-15/h2-11,17-19H,1,12-13H2/t17-,18-,19+/m1/s1. The predicted octanol–water partition coefficient (Wildman–Crippen LogP) is 3.09. The van der Waals surface area contributed by atoms with Gasteiger partial charge in [0.15, 0.2) is 15.1 Å². The smallest absolute Gasteiger partial charge is 0.247 e. The Balaban J connectivity index is 1.79. The number of rotatable bonds is 5. The van der Waals surface area contributed by atoms with Gasteiger partial charge in [0.25, 0.3) is 0 Å². The van der Waals surface area contributed by atoms with Crippen LogP contribution in [-0.2, 0) is 21.1 Å². The third-order valence-electron chi connectivity index (χ3n) is 4.98. The third kappa shape index (κ3) is 2.59. The predicted molar refractivity (Wildman–Crippen MR) is 105 cm³/mol. The molecule has 1 fully saturated rings. The molecule has 0 aliphatic carbocycles. The zero-order chi connectivity index (χ0) is 18.3. The van der Waals surface area contributed by atoms with Crippen LogP contribution in [0.25, 0.3) is 0 Å². The number of sulfone groups is 1. The maximum atomic E-state index is 13.3. The van der Waals surface area contributed by atoms with E-state index in [0.29, 0.717) is 12.2 Å². The lowest BCUT2D eigenvalue weighted by molar-refractivity contribution is -0.116. The molecule has 4 nitrogen and oxygen atoms in total. The van der Waals surface area contributed by atoms with Gasteiger partial charge in [-0.1, -0.05) is 42.5 Å². The number of anilines is 1. The van der Waals surface area contributed by atoms with E-state index in [0.717, 1.165) is 11.3 Å². The van der Waals surface area contributed by atoms with Gasteiger partial charge in [0.2, 0.25) is 5.91 Å². The van der Waals surface area contributed by atoms with Crippen LogP contribution in [-0.4, -0.2) is 36.6 Å². The van der Waals surface area contributed by atoms with Crippen LogP contribution in [0.15, 0.2) is 72.1 Å². The average molecular weight is 386 g/mol. The lowest BCUT2D eigenvalue weighted by Gasteiger charge is -2.21. The first-order valence-electron chi connectivity index (χ1n) is 8.48. The second kappa shape index (κ2) is 6.59. The van der Waals surface area contributed by atoms with Gasteiger partial charge >= 0.3 is 0 Å². The third-order valence-corrected chi connectivity index (χ3v) is 8.65. The largest absolute Gasteiger partial charge is 0.306 e. The van der Waals surface area contributed by atoms with Gasteiger partial charge in [-0.05, 0) is 30.2 Å². The van der Waals surface area contributed by atoms with E-state index >= 15 is 0 Å². The van der Waals surface area contributed by atoms with Crippen molar-refractivity contribution in [2.45, 2.75) is 27.9 Å². The number of hydrogen-bond donors (Lipinski definition) is 0. The molecule has 0 saturated carbocycles. The normalized spacial score (nSPS) is 24.4. The second-order valence-electron chi connectivity index (χ2n) is 6.47. The van der Waals surface area contributed by atoms with Crippen molar-refractivity contribution in [3.63, 3.8) is 0 Å². The summed E-state index contributed by atoms with van der Waals surface area (Å²) in [6.07, 6.45) is 2.45. The molecule has 2 aliphatic rings. The van der Waals surface area contributed by atoms with Gasteiger partial charge in [0.1, 0.15) is 0 Å². The van der Waals surface area contributed by atoms with Crippen LogP contribution in [0.1, 0.15) is 5.56 Å². The number of thioether (sulfide) groups is 1. The summed E-state index contributed by atoms with van der Waals surface area (Å²) in [4.78, 5) is 15.2. The van der Waals surface area contributed by atoms with E-state index in [1.807, 2.05) is 24.3 Å². The Hall–Kier alpha value is -2.05. The fraction of sp³-hybridized carbons (Fsp3) is 0.250. The van der Waals surface area contributed by atoms with Crippen molar-refractivity contribution in [3.05, 3.63) is 72.8 Å². The van der Waals surface area contributed by atoms with E-state index in [9.17, 15) is 13.2 Å². The van der Waals surface area contributed by atoms with Crippen molar-refractivity contribution in [1.82, 2.24) is 0 Å². The molecule has 0 N–H and O–H groups in total. The van der Waals surface area contributed by atoms with Gasteiger partial charge in [0.05, 0.1) is 16.2 Å². The fourth-order valence-electron chi connectivity index (χ4n) is 3.88. The quantitative estimate of drug-likeness (QED) is 0.742. The summed E-state index contributed by atoms with van der Waals surface area (Å²) in [6.45, 7) is 3.74. The zero-order valence-electron chi connectivity index (χ0n) is 14.1. The van der Waals surface area contributed by atoms with Crippen LogP contribution < -0.4 is 4.90 Å². The topological polar surface area (TPSA) is 54.5 Å². The average Bonchev–Trinajstić information content (AvgIpc) is 3.16. The molecule has 0 radical (unpaired) electrons. The lowest BCUT2D eigenvalue weighted by Crippen LogP contribution is -2.37. The maximum Gasteiger partial charge on any atom is 0.247 e. The number of carbonyl (C=O) groups excluding carboxylic acids is 1. The van der Waals surface area contributed by atoms with Crippen LogP contribution in [0, 0.1) is 0 Å². The molecule has 0 spiro atoms. The molecule has 1 saturated heterocycles. The molecule has 1 amide bonds. The highest BCUT2D eigenvalue weighted by molar-refractivity contribution is 8.02. The summed E-state index contributed by atoms with van der Waals surface area (Å²) in [5.41, 5.74) is 1.95. The number of benzene rings is 2. The van der Waals surface area contributed by atoms with Gasteiger partial charge < -0.3 is 4.90 Å². The molecule has 3 atom stereocenters. The minimum absolute atomic E-state index is 0.131. The van der Waals surface area contributed by atoms with Gasteiger partial charge in [-0.2, -0.15) is 11.8 Å². The maximum absolute atomic E-state index is 13.3. The lowest BCUT2D eigenvalue weighted by atomic mass is 10.1. The van der Waals surface area contributed by atoms with Gasteiger partial charge in [0, 0.05) is 11.4 Å². The Kier molecular flexibility index (Phi) is 4.40. The number of carbonyl (C=O) groups is 1. The van der Waals surface area contributed by atoms with Crippen molar-refractivity contribution >= 4 is 33.2 Å². The molecule has 6 heteroatoms. The molecular weight excluding hydrogens is 366 g/mol. The molecule has 2 aromatic carbocycles. The molecule has 0 aromatic heterocycles. The molecule has 0 bridgehead atoms. The molecule has 2 aromatic rings. The van der Waals surface area contributed by atoms with E-state index in [1.165, 1.54) is 11.8 Å². The minimum Gasteiger partial charge on any atom is -0.306 e. The summed E-state index contributed by atoms with van der Waals surface area (Å²) < 4.78 is 26.5. The minimum atomic E-state index is -3.76. The van der Waals surface area contributed by atoms with Crippen LogP contribution in [0.5, 0.6) is 0 Å². The van der Waals surface area contributed by atoms with Crippen molar-refractivity contribution in [2.24, 2.45) is 0 Å². The van der Waals surface area contributed by atoms with Crippen LogP contribution in [0.4, 0.5) is 5.69 Å². The number of nitrogens with zero attached hydrogens (tertiary/aromatic N) is 1. The number of hydrogen-bond acceptors (Lipinski definition) is 4. The molecule has 2 aliphatic heterocycles.